The van der Waals surface area contributed by atoms with Gasteiger partial charge in [-0.2, -0.15) is 0 Å². The number of aryl methyl sites for hydroxylation is 1. The summed E-state index contributed by atoms with van der Waals surface area (Å²) < 4.78 is 1.70. The maximum atomic E-state index is 11.9. The summed E-state index contributed by atoms with van der Waals surface area (Å²) in [6.45, 7) is 0.696. The maximum Gasteiger partial charge on any atom is 0.335 e. The topological polar surface area (TPSA) is 75.1 Å². The number of nitrogens with zero attached hydrogens (tertiary/aromatic N) is 1. The molecule has 0 spiro atoms. The molecule has 2 aromatic rings. The van der Waals surface area contributed by atoms with Crippen LogP contribution in [0.2, 0.25) is 0 Å². The SMILES string of the molecule is O=C(O)c1ccc2c(c1)[nH]c(=O)n2CCCC1CC1. The van der Waals surface area contributed by atoms with Crippen LogP contribution in [0.15, 0.2) is 23.0 Å². The highest BCUT2D eigenvalue weighted by Crippen LogP contribution is 2.33. The predicted octanol–water partition coefficient (Wildman–Crippen LogP) is 2.22. The van der Waals surface area contributed by atoms with Crippen LogP contribution in [0.5, 0.6) is 0 Å². The van der Waals surface area contributed by atoms with Gasteiger partial charge in [-0.25, -0.2) is 9.59 Å². The van der Waals surface area contributed by atoms with E-state index >= 15 is 0 Å². The molecule has 1 fully saturated rings. The van der Waals surface area contributed by atoms with E-state index in [4.69, 9.17) is 5.11 Å². The highest BCUT2D eigenvalue weighted by Gasteiger charge is 2.20. The monoisotopic (exact) mass is 260 g/mol. The van der Waals surface area contributed by atoms with Crippen molar-refractivity contribution in [3.63, 3.8) is 0 Å². The van der Waals surface area contributed by atoms with E-state index in [1.165, 1.54) is 31.4 Å². The van der Waals surface area contributed by atoms with Gasteiger partial charge >= 0.3 is 11.7 Å². The molecule has 0 atom stereocenters. The van der Waals surface area contributed by atoms with Gasteiger partial charge in [0, 0.05) is 6.54 Å². The van der Waals surface area contributed by atoms with E-state index in [1.54, 1.807) is 10.6 Å². The quantitative estimate of drug-likeness (QED) is 0.865. The van der Waals surface area contributed by atoms with Gasteiger partial charge in [0.15, 0.2) is 0 Å². The lowest BCUT2D eigenvalue weighted by Gasteiger charge is -2.03. The van der Waals surface area contributed by atoms with E-state index in [0.29, 0.717) is 12.1 Å². The molecule has 0 unspecified atom stereocenters. The van der Waals surface area contributed by atoms with Crippen molar-refractivity contribution in [1.29, 1.82) is 0 Å². The number of aromatic carboxylic acids is 1. The number of nitrogens with one attached hydrogen (secondary N) is 1. The largest absolute Gasteiger partial charge is 0.478 e. The summed E-state index contributed by atoms with van der Waals surface area (Å²) in [6, 6.07) is 4.75. The third kappa shape index (κ3) is 2.41. The molecule has 100 valence electrons. The fourth-order valence-corrected chi connectivity index (χ4v) is 2.46. The number of aromatic amines is 1. The van der Waals surface area contributed by atoms with Crippen LogP contribution in [0.1, 0.15) is 36.0 Å². The molecule has 5 nitrogen and oxygen atoms in total. The summed E-state index contributed by atoms with van der Waals surface area (Å²) in [6.07, 6.45) is 4.82. The first kappa shape index (κ1) is 12.0. The van der Waals surface area contributed by atoms with Gasteiger partial charge in [-0.15, -0.1) is 0 Å². The molecule has 1 heterocycles. The molecular formula is C14H16N2O3. The summed E-state index contributed by atoms with van der Waals surface area (Å²) in [7, 11) is 0. The van der Waals surface area contributed by atoms with E-state index in [1.807, 2.05) is 0 Å². The van der Waals surface area contributed by atoms with Crippen molar-refractivity contribution in [2.24, 2.45) is 5.92 Å². The highest BCUT2D eigenvalue weighted by molar-refractivity contribution is 5.92. The first-order valence-corrected chi connectivity index (χ1v) is 6.61. The van der Waals surface area contributed by atoms with Gasteiger partial charge in [0.25, 0.3) is 0 Å². The third-order valence-corrected chi connectivity index (χ3v) is 3.71. The molecule has 1 aliphatic carbocycles. The van der Waals surface area contributed by atoms with Crippen molar-refractivity contribution < 1.29 is 9.90 Å². The lowest BCUT2D eigenvalue weighted by atomic mass is 10.2. The molecule has 1 saturated carbocycles. The Bertz CT molecular complexity index is 680. The molecule has 0 bridgehead atoms. The zero-order chi connectivity index (χ0) is 13.4. The van der Waals surface area contributed by atoms with Gasteiger partial charge in [-0.3, -0.25) is 4.57 Å². The Kier molecular flexibility index (Phi) is 2.89. The molecule has 1 aromatic heterocycles. The number of hydrogen-bond donors (Lipinski definition) is 2. The van der Waals surface area contributed by atoms with Gasteiger partial charge in [-0.05, 0) is 37.0 Å². The first-order chi connectivity index (χ1) is 9.15. The van der Waals surface area contributed by atoms with Crippen molar-refractivity contribution in [1.82, 2.24) is 9.55 Å². The fraction of sp³-hybridized carbons (Fsp3) is 0.429. The second kappa shape index (κ2) is 4.57. The summed E-state index contributed by atoms with van der Waals surface area (Å²) >= 11 is 0. The van der Waals surface area contributed by atoms with Gasteiger partial charge in [-0.1, -0.05) is 12.8 Å². The first-order valence-electron chi connectivity index (χ1n) is 6.61. The number of rotatable bonds is 5. The smallest absolute Gasteiger partial charge is 0.335 e. The normalized spacial score (nSPS) is 14.9. The third-order valence-electron chi connectivity index (χ3n) is 3.71. The molecule has 1 aliphatic rings. The Labute approximate surface area is 109 Å². The van der Waals surface area contributed by atoms with Gasteiger partial charge in [0.05, 0.1) is 16.6 Å². The van der Waals surface area contributed by atoms with Crippen LogP contribution in [-0.4, -0.2) is 20.6 Å². The lowest BCUT2D eigenvalue weighted by Crippen LogP contribution is -2.16. The summed E-state index contributed by atoms with van der Waals surface area (Å²) in [5.74, 6) is -0.122. The molecule has 0 aliphatic heterocycles. The number of H-pyrrole nitrogens is 1. The lowest BCUT2D eigenvalue weighted by molar-refractivity contribution is 0.0697. The predicted molar refractivity (Wildman–Crippen MR) is 71.5 cm³/mol. The van der Waals surface area contributed by atoms with Crippen molar-refractivity contribution in [2.75, 3.05) is 0 Å². The van der Waals surface area contributed by atoms with E-state index in [9.17, 15) is 9.59 Å². The van der Waals surface area contributed by atoms with Crippen LogP contribution < -0.4 is 5.69 Å². The Morgan fingerprint density at radius 2 is 2.21 bits per heavy atom. The second-order valence-electron chi connectivity index (χ2n) is 5.20. The van der Waals surface area contributed by atoms with Gasteiger partial charge in [0.1, 0.15) is 0 Å². The summed E-state index contributed by atoms with van der Waals surface area (Å²) in [4.78, 5) is 25.5. The Morgan fingerprint density at radius 3 is 2.89 bits per heavy atom. The number of benzene rings is 1. The summed E-state index contributed by atoms with van der Waals surface area (Å²) in [5, 5.41) is 8.93. The van der Waals surface area contributed by atoms with Crippen LogP contribution in [0.25, 0.3) is 11.0 Å². The molecule has 0 saturated heterocycles. The average Bonchev–Trinajstić information content (AvgIpc) is 3.13. The van der Waals surface area contributed by atoms with E-state index in [-0.39, 0.29) is 11.3 Å². The zero-order valence-corrected chi connectivity index (χ0v) is 10.6. The van der Waals surface area contributed by atoms with Crippen LogP contribution in [0.4, 0.5) is 0 Å². The Hall–Kier alpha value is -2.04. The van der Waals surface area contributed by atoms with Crippen molar-refractivity contribution >= 4 is 17.0 Å². The van der Waals surface area contributed by atoms with E-state index < -0.39 is 5.97 Å². The molecule has 0 radical (unpaired) electrons. The maximum absolute atomic E-state index is 11.9. The number of hydrogen-bond acceptors (Lipinski definition) is 2. The van der Waals surface area contributed by atoms with Gasteiger partial charge in [0.2, 0.25) is 0 Å². The molecule has 1 aromatic carbocycles. The standard InChI is InChI=1S/C14H16N2O3/c17-13(18)10-5-6-12-11(8-10)15-14(19)16(12)7-1-2-9-3-4-9/h5-6,8-9H,1-4,7H2,(H,15,19)(H,17,18). The minimum absolute atomic E-state index is 0.159. The van der Waals surface area contributed by atoms with Gasteiger partial charge < -0.3 is 10.1 Å². The van der Waals surface area contributed by atoms with Crippen molar-refractivity contribution in [2.45, 2.75) is 32.2 Å². The minimum Gasteiger partial charge on any atom is -0.478 e. The average molecular weight is 260 g/mol. The molecule has 2 N–H and O–H groups in total. The molecule has 0 amide bonds. The molecule has 3 rings (SSSR count). The number of imidazole rings is 1. The van der Waals surface area contributed by atoms with Crippen LogP contribution in [-0.2, 0) is 6.54 Å². The number of fused-ring (bicyclic) bond motifs is 1. The van der Waals surface area contributed by atoms with Crippen LogP contribution in [0.3, 0.4) is 0 Å². The van der Waals surface area contributed by atoms with E-state index in [0.717, 1.165) is 17.9 Å². The van der Waals surface area contributed by atoms with Crippen molar-refractivity contribution in [3.05, 3.63) is 34.2 Å². The van der Waals surface area contributed by atoms with Crippen LogP contribution >= 0.6 is 0 Å². The summed E-state index contributed by atoms with van der Waals surface area (Å²) in [5.41, 5.74) is 1.41. The zero-order valence-electron chi connectivity index (χ0n) is 10.6. The van der Waals surface area contributed by atoms with Crippen LogP contribution in [0, 0.1) is 5.92 Å². The number of carboxylic acid groups (broad SMARTS) is 1. The molecular weight excluding hydrogens is 244 g/mol. The number of aromatic nitrogens is 2. The number of carbonyl (C=O) groups is 1. The second-order valence-corrected chi connectivity index (χ2v) is 5.20. The highest BCUT2D eigenvalue weighted by atomic mass is 16.4. The number of carboxylic acids is 1. The molecule has 19 heavy (non-hydrogen) atoms. The van der Waals surface area contributed by atoms with Crippen molar-refractivity contribution in [3.8, 4) is 0 Å². The fourth-order valence-electron chi connectivity index (χ4n) is 2.46. The molecule has 5 heteroatoms. The minimum atomic E-state index is -0.982. The Balaban J connectivity index is 1.88. The van der Waals surface area contributed by atoms with E-state index in [2.05, 4.69) is 4.98 Å². The Morgan fingerprint density at radius 1 is 1.42 bits per heavy atom.